The lowest BCUT2D eigenvalue weighted by Gasteiger charge is -2.33. The van der Waals surface area contributed by atoms with Crippen molar-refractivity contribution in [3.05, 3.63) is 54.1 Å². The van der Waals surface area contributed by atoms with Crippen molar-refractivity contribution >= 4 is 11.6 Å². The molecule has 0 amide bonds. The average Bonchev–Trinajstić information content (AvgIpc) is 3.39. The van der Waals surface area contributed by atoms with E-state index in [4.69, 9.17) is 14.5 Å². The Balaban J connectivity index is 1.33. The molecule has 2 N–H and O–H groups in total. The van der Waals surface area contributed by atoms with Gasteiger partial charge in [0.15, 0.2) is 5.96 Å². The predicted octanol–water partition coefficient (Wildman–Crippen LogP) is 5.27. The van der Waals surface area contributed by atoms with E-state index in [1.54, 1.807) is 7.11 Å². The molecule has 0 radical (unpaired) electrons. The summed E-state index contributed by atoms with van der Waals surface area (Å²) < 4.78 is 11.3. The van der Waals surface area contributed by atoms with Gasteiger partial charge in [0.1, 0.15) is 18.1 Å². The molecule has 2 atom stereocenters. The number of aliphatic imine (C=N–C) groups is 1. The van der Waals surface area contributed by atoms with Crippen LogP contribution >= 0.6 is 0 Å². The van der Waals surface area contributed by atoms with E-state index >= 15 is 0 Å². The number of likely N-dealkylation sites (tertiary alicyclic amines) is 1. The van der Waals surface area contributed by atoms with Crippen LogP contribution in [0.5, 0.6) is 11.5 Å². The van der Waals surface area contributed by atoms with Crippen LogP contribution < -0.4 is 20.1 Å². The number of hydrogen-bond donors (Lipinski definition) is 2. The smallest absolute Gasteiger partial charge is 0.196 e. The zero-order valence-corrected chi connectivity index (χ0v) is 20.8. The Morgan fingerprint density at radius 2 is 1.74 bits per heavy atom. The van der Waals surface area contributed by atoms with Crippen molar-refractivity contribution in [2.24, 2.45) is 4.99 Å². The van der Waals surface area contributed by atoms with Crippen LogP contribution in [-0.2, 0) is 0 Å². The summed E-state index contributed by atoms with van der Waals surface area (Å²) in [4.78, 5) is 7.32. The van der Waals surface area contributed by atoms with Crippen LogP contribution in [0.15, 0.2) is 53.5 Å². The maximum Gasteiger partial charge on any atom is 0.196 e. The highest BCUT2D eigenvalue weighted by Crippen LogP contribution is 2.28. The zero-order valence-electron chi connectivity index (χ0n) is 20.8. The maximum absolute atomic E-state index is 5.94. The SMILES string of the molecule is CCCCCC1NC(Nc2ccc(OCCN3CCCC3)cc2)=NCC1c1ccc(OC)cc1. The summed E-state index contributed by atoms with van der Waals surface area (Å²) >= 11 is 0. The van der Waals surface area contributed by atoms with Gasteiger partial charge in [0.25, 0.3) is 0 Å². The van der Waals surface area contributed by atoms with Crippen molar-refractivity contribution in [1.82, 2.24) is 10.2 Å². The Labute approximate surface area is 204 Å². The molecule has 0 spiro atoms. The van der Waals surface area contributed by atoms with E-state index in [0.29, 0.717) is 12.0 Å². The molecular weight excluding hydrogens is 424 g/mol. The first-order valence-electron chi connectivity index (χ1n) is 12.9. The molecule has 1 saturated heterocycles. The van der Waals surface area contributed by atoms with Crippen LogP contribution in [0, 0.1) is 0 Å². The summed E-state index contributed by atoms with van der Waals surface area (Å²) in [6, 6.07) is 17.0. The van der Waals surface area contributed by atoms with Gasteiger partial charge in [0.05, 0.1) is 13.7 Å². The fourth-order valence-electron chi connectivity index (χ4n) is 4.86. The largest absolute Gasteiger partial charge is 0.497 e. The molecule has 2 aromatic carbocycles. The van der Waals surface area contributed by atoms with Gasteiger partial charge in [-0.05, 0) is 74.3 Å². The fraction of sp³-hybridized carbons (Fsp3) is 0.536. The van der Waals surface area contributed by atoms with Crippen molar-refractivity contribution in [1.29, 1.82) is 0 Å². The molecule has 2 unspecified atom stereocenters. The molecule has 2 aliphatic heterocycles. The highest BCUT2D eigenvalue weighted by atomic mass is 16.5. The summed E-state index contributed by atoms with van der Waals surface area (Å²) in [5.74, 6) is 3.03. The quantitative estimate of drug-likeness (QED) is 0.444. The molecule has 34 heavy (non-hydrogen) atoms. The first-order chi connectivity index (χ1) is 16.7. The highest BCUT2D eigenvalue weighted by molar-refractivity contribution is 5.94. The molecule has 0 aromatic heterocycles. The van der Waals surface area contributed by atoms with Gasteiger partial charge in [0, 0.05) is 24.2 Å². The van der Waals surface area contributed by atoms with Crippen LogP contribution in [0.1, 0.15) is 56.9 Å². The van der Waals surface area contributed by atoms with E-state index in [0.717, 1.165) is 49.3 Å². The number of rotatable bonds is 11. The van der Waals surface area contributed by atoms with Gasteiger partial charge in [-0.3, -0.25) is 9.89 Å². The van der Waals surface area contributed by atoms with Gasteiger partial charge in [-0.25, -0.2) is 0 Å². The van der Waals surface area contributed by atoms with E-state index in [-0.39, 0.29) is 0 Å². The van der Waals surface area contributed by atoms with Crippen LogP contribution in [0.25, 0.3) is 0 Å². The van der Waals surface area contributed by atoms with Gasteiger partial charge in [0.2, 0.25) is 0 Å². The van der Waals surface area contributed by atoms with Crippen molar-refractivity contribution in [2.75, 3.05) is 45.2 Å². The summed E-state index contributed by atoms with van der Waals surface area (Å²) in [6.07, 6.45) is 7.47. The van der Waals surface area contributed by atoms with E-state index in [9.17, 15) is 0 Å². The van der Waals surface area contributed by atoms with Crippen LogP contribution in [0.3, 0.4) is 0 Å². The Hall–Kier alpha value is -2.73. The predicted molar refractivity (Wildman–Crippen MR) is 140 cm³/mol. The minimum absolute atomic E-state index is 0.355. The second-order valence-electron chi connectivity index (χ2n) is 9.36. The highest BCUT2D eigenvalue weighted by Gasteiger charge is 2.27. The maximum atomic E-state index is 5.94. The van der Waals surface area contributed by atoms with E-state index in [1.165, 1.54) is 50.8 Å². The number of anilines is 1. The standard InChI is InChI=1S/C28H40N4O2/c1-3-4-5-8-27-26(22-9-13-24(33-2)14-10-22)21-29-28(31-27)30-23-11-15-25(16-12-23)34-20-19-32-17-6-7-18-32/h9-16,26-27H,3-8,17-21H2,1-2H3,(H2,29,30,31). The lowest BCUT2D eigenvalue weighted by Crippen LogP contribution is -2.47. The molecule has 2 aromatic rings. The van der Waals surface area contributed by atoms with Crippen LogP contribution in [0.2, 0.25) is 0 Å². The minimum atomic E-state index is 0.355. The third-order valence-electron chi connectivity index (χ3n) is 6.91. The monoisotopic (exact) mass is 464 g/mol. The van der Waals surface area contributed by atoms with Crippen molar-refractivity contribution in [2.45, 2.75) is 57.4 Å². The Morgan fingerprint density at radius 1 is 1.00 bits per heavy atom. The molecule has 0 aliphatic carbocycles. The Kier molecular flexibility index (Phi) is 9.08. The lowest BCUT2D eigenvalue weighted by molar-refractivity contribution is 0.238. The topological polar surface area (TPSA) is 58.1 Å². The number of nitrogens with zero attached hydrogens (tertiary/aromatic N) is 2. The third kappa shape index (κ3) is 6.89. The number of benzene rings is 2. The van der Waals surface area contributed by atoms with E-state index in [2.05, 4.69) is 46.7 Å². The average molecular weight is 465 g/mol. The second kappa shape index (κ2) is 12.7. The minimum Gasteiger partial charge on any atom is -0.497 e. The molecule has 1 fully saturated rings. The van der Waals surface area contributed by atoms with Crippen LogP contribution in [0.4, 0.5) is 5.69 Å². The second-order valence-corrected chi connectivity index (χ2v) is 9.36. The van der Waals surface area contributed by atoms with Gasteiger partial charge in [-0.2, -0.15) is 0 Å². The number of guanidine groups is 1. The molecule has 184 valence electrons. The number of hydrogen-bond acceptors (Lipinski definition) is 6. The van der Waals surface area contributed by atoms with Gasteiger partial charge >= 0.3 is 0 Å². The molecular formula is C28H40N4O2. The van der Waals surface area contributed by atoms with E-state index < -0.39 is 0 Å². The summed E-state index contributed by atoms with van der Waals surface area (Å²) in [7, 11) is 1.71. The lowest BCUT2D eigenvalue weighted by atomic mass is 9.87. The van der Waals surface area contributed by atoms with Crippen molar-refractivity contribution in [3.8, 4) is 11.5 Å². The first-order valence-corrected chi connectivity index (χ1v) is 12.9. The Morgan fingerprint density at radius 3 is 2.44 bits per heavy atom. The Bertz CT molecular complexity index is 892. The van der Waals surface area contributed by atoms with Gasteiger partial charge < -0.3 is 20.1 Å². The van der Waals surface area contributed by atoms with Crippen molar-refractivity contribution in [3.63, 3.8) is 0 Å². The number of methoxy groups -OCH3 is 1. The molecule has 4 rings (SSSR count). The van der Waals surface area contributed by atoms with Crippen LogP contribution in [-0.4, -0.2) is 56.8 Å². The number of unbranched alkanes of at least 4 members (excludes halogenated alkanes) is 2. The first kappa shape index (κ1) is 24.4. The van der Waals surface area contributed by atoms with Crippen molar-refractivity contribution < 1.29 is 9.47 Å². The summed E-state index contributed by atoms with van der Waals surface area (Å²) in [5, 5.41) is 7.16. The molecule has 2 heterocycles. The molecule has 2 aliphatic rings. The number of ether oxygens (including phenoxy) is 2. The molecule has 0 saturated carbocycles. The molecule has 6 nitrogen and oxygen atoms in total. The molecule has 0 bridgehead atoms. The molecule has 6 heteroatoms. The van der Waals surface area contributed by atoms with Gasteiger partial charge in [-0.15, -0.1) is 0 Å². The summed E-state index contributed by atoms with van der Waals surface area (Å²) in [5.41, 5.74) is 2.33. The van der Waals surface area contributed by atoms with Gasteiger partial charge in [-0.1, -0.05) is 38.3 Å². The fourth-order valence-corrected chi connectivity index (χ4v) is 4.86. The van der Waals surface area contributed by atoms with E-state index in [1.807, 2.05) is 24.3 Å². The number of nitrogens with one attached hydrogen (secondary N) is 2. The zero-order chi connectivity index (χ0) is 23.6. The third-order valence-corrected chi connectivity index (χ3v) is 6.91. The summed E-state index contributed by atoms with van der Waals surface area (Å²) in [6.45, 7) is 7.20. The normalized spacial score (nSPS) is 20.5.